The molecular formula is C16H29NS. The maximum atomic E-state index is 6.13. The number of allylic oxidation sites excluding steroid dienone is 4. The smallest absolute Gasteiger partial charge is 0.0303 e. The Morgan fingerprint density at radius 2 is 2.06 bits per heavy atom. The van der Waals surface area contributed by atoms with Crippen molar-refractivity contribution in [1.82, 2.24) is 0 Å². The van der Waals surface area contributed by atoms with Crippen LogP contribution in [0.5, 0.6) is 0 Å². The summed E-state index contributed by atoms with van der Waals surface area (Å²) in [5, 5.41) is 0.645. The van der Waals surface area contributed by atoms with Gasteiger partial charge in [0.25, 0.3) is 0 Å². The zero-order valence-electron chi connectivity index (χ0n) is 12.4. The van der Waals surface area contributed by atoms with Crippen LogP contribution in [-0.4, -0.2) is 11.0 Å². The van der Waals surface area contributed by atoms with E-state index in [0.717, 1.165) is 12.1 Å². The molecule has 0 saturated heterocycles. The van der Waals surface area contributed by atoms with Gasteiger partial charge in [-0.3, -0.25) is 0 Å². The molecule has 0 aliphatic heterocycles. The number of hydrogen-bond donors (Lipinski definition) is 1. The molecule has 1 nitrogen and oxygen atoms in total. The van der Waals surface area contributed by atoms with Crippen LogP contribution in [0.15, 0.2) is 36.1 Å². The average molecular weight is 267 g/mol. The van der Waals surface area contributed by atoms with E-state index in [-0.39, 0.29) is 0 Å². The van der Waals surface area contributed by atoms with Gasteiger partial charge >= 0.3 is 0 Å². The summed E-state index contributed by atoms with van der Waals surface area (Å²) in [4.78, 5) is 0. The molecule has 2 atom stereocenters. The molecule has 0 heterocycles. The van der Waals surface area contributed by atoms with Gasteiger partial charge < -0.3 is 5.73 Å². The molecule has 0 aromatic carbocycles. The molecule has 18 heavy (non-hydrogen) atoms. The predicted molar refractivity (Wildman–Crippen MR) is 86.8 cm³/mol. The molecule has 0 spiro atoms. The van der Waals surface area contributed by atoms with Crippen molar-refractivity contribution in [3.05, 3.63) is 36.1 Å². The van der Waals surface area contributed by atoms with Crippen molar-refractivity contribution >= 4 is 11.8 Å². The van der Waals surface area contributed by atoms with E-state index in [0.29, 0.717) is 11.2 Å². The Morgan fingerprint density at radius 3 is 2.50 bits per heavy atom. The maximum absolute atomic E-state index is 6.13. The van der Waals surface area contributed by atoms with Crippen molar-refractivity contribution in [2.45, 2.75) is 52.2 Å². The summed E-state index contributed by atoms with van der Waals surface area (Å²) in [6.07, 6.45) is 9.46. The van der Waals surface area contributed by atoms with Crippen LogP contribution in [0.1, 0.15) is 47.0 Å². The molecule has 0 saturated carbocycles. The fourth-order valence-electron chi connectivity index (χ4n) is 2.10. The topological polar surface area (TPSA) is 26.0 Å². The Balaban J connectivity index is 5.01. The van der Waals surface area contributed by atoms with Gasteiger partial charge in [0.15, 0.2) is 0 Å². The molecule has 0 aliphatic carbocycles. The Kier molecular flexibility index (Phi) is 9.95. The quantitative estimate of drug-likeness (QED) is 0.474. The van der Waals surface area contributed by atoms with Gasteiger partial charge in [0, 0.05) is 10.9 Å². The number of rotatable bonds is 9. The monoisotopic (exact) mass is 267 g/mol. The van der Waals surface area contributed by atoms with Crippen LogP contribution in [0.25, 0.3) is 0 Å². The first kappa shape index (κ1) is 17.4. The van der Waals surface area contributed by atoms with Crippen molar-refractivity contribution in [1.29, 1.82) is 0 Å². The fraction of sp³-hybridized carbons (Fsp3) is 0.625. The largest absolute Gasteiger partial charge is 0.399 e. The summed E-state index contributed by atoms with van der Waals surface area (Å²) < 4.78 is 0. The minimum Gasteiger partial charge on any atom is -0.399 e. The fourth-order valence-corrected chi connectivity index (χ4v) is 3.42. The van der Waals surface area contributed by atoms with Crippen LogP contribution in [0.3, 0.4) is 0 Å². The second-order valence-electron chi connectivity index (χ2n) is 4.59. The minimum absolute atomic E-state index is 0.514. The highest BCUT2D eigenvalue weighted by Crippen LogP contribution is 2.32. The second-order valence-corrected chi connectivity index (χ2v) is 5.93. The molecule has 2 heteroatoms. The van der Waals surface area contributed by atoms with Crippen molar-refractivity contribution < 1.29 is 0 Å². The highest BCUT2D eigenvalue weighted by Gasteiger charge is 2.21. The van der Waals surface area contributed by atoms with E-state index in [9.17, 15) is 0 Å². The number of hydrogen-bond acceptors (Lipinski definition) is 2. The lowest BCUT2D eigenvalue weighted by molar-refractivity contribution is 0.570. The lowest BCUT2D eigenvalue weighted by atomic mass is 9.90. The molecular weight excluding hydrogens is 238 g/mol. The van der Waals surface area contributed by atoms with Gasteiger partial charge in [-0.05, 0) is 56.4 Å². The molecule has 0 bridgehead atoms. The van der Waals surface area contributed by atoms with E-state index in [2.05, 4.69) is 39.1 Å². The molecule has 0 aliphatic rings. The van der Waals surface area contributed by atoms with Crippen LogP contribution in [0, 0.1) is 5.92 Å². The van der Waals surface area contributed by atoms with Crippen LogP contribution < -0.4 is 5.73 Å². The van der Waals surface area contributed by atoms with Crippen LogP contribution in [-0.2, 0) is 0 Å². The highest BCUT2D eigenvalue weighted by molar-refractivity contribution is 7.99. The van der Waals surface area contributed by atoms with Gasteiger partial charge in [0.05, 0.1) is 0 Å². The third-order valence-corrected chi connectivity index (χ3v) is 4.90. The third-order valence-electron chi connectivity index (χ3n) is 3.17. The van der Waals surface area contributed by atoms with Crippen molar-refractivity contribution in [3.63, 3.8) is 0 Å². The zero-order chi connectivity index (χ0) is 14.0. The summed E-state index contributed by atoms with van der Waals surface area (Å²) >= 11 is 2.07. The first-order valence-electron chi connectivity index (χ1n) is 6.93. The van der Waals surface area contributed by atoms with Crippen molar-refractivity contribution in [3.8, 4) is 0 Å². The molecule has 0 fully saturated rings. The predicted octanol–water partition coefficient (Wildman–Crippen LogP) is 4.91. The van der Waals surface area contributed by atoms with Crippen molar-refractivity contribution in [2.75, 3.05) is 5.75 Å². The van der Waals surface area contributed by atoms with E-state index in [4.69, 9.17) is 5.73 Å². The minimum atomic E-state index is 0.514. The summed E-state index contributed by atoms with van der Waals surface area (Å²) in [6, 6.07) is 0. The highest BCUT2D eigenvalue weighted by atomic mass is 32.2. The first-order valence-corrected chi connectivity index (χ1v) is 7.98. The third kappa shape index (κ3) is 5.81. The summed E-state index contributed by atoms with van der Waals surface area (Å²) in [5.74, 6) is 1.74. The van der Waals surface area contributed by atoms with E-state index >= 15 is 0 Å². The normalized spacial score (nSPS) is 16.4. The lowest BCUT2D eigenvalue weighted by Crippen LogP contribution is -2.20. The van der Waals surface area contributed by atoms with E-state index in [1.807, 2.05) is 25.2 Å². The van der Waals surface area contributed by atoms with Gasteiger partial charge in [-0.15, -0.1) is 6.58 Å². The zero-order valence-corrected chi connectivity index (χ0v) is 13.2. The maximum Gasteiger partial charge on any atom is 0.0303 e. The van der Waals surface area contributed by atoms with Crippen molar-refractivity contribution in [2.24, 2.45) is 11.7 Å². The number of thioether (sulfide) groups is 1. The van der Waals surface area contributed by atoms with Crippen LogP contribution >= 0.6 is 11.8 Å². The summed E-state index contributed by atoms with van der Waals surface area (Å²) in [7, 11) is 0. The summed E-state index contributed by atoms with van der Waals surface area (Å²) in [6.45, 7) is 12.6. The Morgan fingerprint density at radius 1 is 1.39 bits per heavy atom. The van der Waals surface area contributed by atoms with Gasteiger partial charge in [-0.2, -0.15) is 11.8 Å². The molecule has 0 aromatic heterocycles. The Bertz CT molecular complexity index is 291. The average Bonchev–Trinajstić information content (AvgIpc) is 2.37. The molecule has 104 valence electrons. The Hall–Kier alpha value is -0.630. The molecule has 2 N–H and O–H groups in total. The van der Waals surface area contributed by atoms with Crippen LogP contribution in [0.4, 0.5) is 0 Å². The summed E-state index contributed by atoms with van der Waals surface area (Å²) in [5.41, 5.74) is 8.35. The van der Waals surface area contributed by atoms with Gasteiger partial charge in [0.2, 0.25) is 0 Å². The van der Waals surface area contributed by atoms with Crippen LogP contribution in [0.2, 0.25) is 0 Å². The Labute approximate surface area is 118 Å². The first-order chi connectivity index (χ1) is 8.62. The van der Waals surface area contributed by atoms with E-state index in [1.165, 1.54) is 24.2 Å². The lowest BCUT2D eigenvalue weighted by Gasteiger charge is -2.26. The van der Waals surface area contributed by atoms with Gasteiger partial charge in [-0.1, -0.05) is 26.0 Å². The standard InChI is InChI=1S/C16H29NS/c1-6-10-14(13(5)15(17)11-7-2)16(9-4)18-12-8-3/h6-7,11,14,16H,1,8-10,12,17H2,2-5H3/b11-7-,15-13-. The molecule has 0 aromatic rings. The SMILES string of the molecule is C=CCC(/C(C)=C(N)/C=C\C)C(CC)SCCC. The van der Waals surface area contributed by atoms with E-state index < -0.39 is 0 Å². The van der Waals surface area contributed by atoms with E-state index in [1.54, 1.807) is 0 Å². The second kappa shape index (κ2) is 10.3. The molecule has 0 rings (SSSR count). The van der Waals surface area contributed by atoms with Gasteiger partial charge in [0.1, 0.15) is 0 Å². The molecule has 0 radical (unpaired) electrons. The van der Waals surface area contributed by atoms with Gasteiger partial charge in [-0.25, -0.2) is 0 Å². The number of nitrogens with two attached hydrogens (primary N) is 1. The molecule has 0 amide bonds. The molecule has 2 unspecified atom stereocenters.